The molecule has 0 spiro atoms. The van der Waals surface area contributed by atoms with Gasteiger partial charge in [0.1, 0.15) is 5.76 Å². The molecule has 1 aliphatic carbocycles. The van der Waals surface area contributed by atoms with Crippen molar-refractivity contribution in [3.8, 4) is 0 Å². The molecule has 19 heavy (non-hydrogen) atoms. The fraction of sp³-hybridized carbons (Fsp3) is 0.143. The Balaban J connectivity index is 2.21. The van der Waals surface area contributed by atoms with E-state index in [2.05, 4.69) is 6.58 Å². The molecule has 2 aromatic rings. The van der Waals surface area contributed by atoms with Crippen molar-refractivity contribution in [1.82, 2.24) is 0 Å². The number of furan rings is 2. The normalized spacial score (nSPS) is 13.4. The third kappa shape index (κ3) is 1.45. The summed E-state index contributed by atoms with van der Waals surface area (Å²) >= 11 is 0. The number of aliphatic hydroxyl groups is 1. The zero-order valence-corrected chi connectivity index (χ0v) is 10.1. The lowest BCUT2D eigenvalue weighted by Crippen LogP contribution is -2.17. The van der Waals surface area contributed by atoms with Crippen molar-refractivity contribution in [1.29, 1.82) is 0 Å². The number of fused-ring (bicyclic) bond motifs is 2. The molecule has 3 rings (SSSR count). The fourth-order valence-corrected chi connectivity index (χ4v) is 2.11. The van der Waals surface area contributed by atoms with Crippen LogP contribution < -0.4 is 0 Å². The molecular weight excluding hydrogens is 248 g/mol. The predicted octanol–water partition coefficient (Wildman–Crippen LogP) is 1.96. The predicted molar refractivity (Wildman–Crippen MR) is 65.1 cm³/mol. The minimum absolute atomic E-state index is 0.00510. The van der Waals surface area contributed by atoms with Crippen molar-refractivity contribution in [3.63, 3.8) is 0 Å². The van der Waals surface area contributed by atoms with Crippen molar-refractivity contribution >= 4 is 17.1 Å². The summed E-state index contributed by atoms with van der Waals surface area (Å²) in [5.41, 5.74) is 1.39. The van der Waals surface area contributed by atoms with Crippen LogP contribution in [0.2, 0.25) is 0 Å². The summed E-state index contributed by atoms with van der Waals surface area (Å²) in [6, 6.07) is 1.43. The van der Waals surface area contributed by atoms with Crippen LogP contribution in [0.4, 0.5) is 0 Å². The van der Waals surface area contributed by atoms with Gasteiger partial charge in [-0.1, -0.05) is 6.58 Å². The summed E-state index contributed by atoms with van der Waals surface area (Å²) < 4.78 is 10.4. The smallest absolute Gasteiger partial charge is 0.264 e. The Hall–Kier alpha value is -2.40. The molecule has 0 radical (unpaired) electrons. The number of aliphatic hydroxyl groups excluding tert-OH is 1. The van der Waals surface area contributed by atoms with Gasteiger partial charge in [-0.3, -0.25) is 9.59 Å². The van der Waals surface area contributed by atoms with E-state index in [4.69, 9.17) is 13.9 Å². The molecule has 0 aromatic carbocycles. The zero-order valence-electron chi connectivity index (χ0n) is 10.1. The Morgan fingerprint density at radius 1 is 1.32 bits per heavy atom. The Morgan fingerprint density at radius 3 is 2.74 bits per heavy atom. The summed E-state index contributed by atoms with van der Waals surface area (Å²) in [5, 5.41) is 9.01. The monoisotopic (exact) mass is 258 g/mol. The van der Waals surface area contributed by atoms with Crippen LogP contribution in [0.15, 0.2) is 27.7 Å². The molecule has 0 saturated carbocycles. The van der Waals surface area contributed by atoms with Gasteiger partial charge in [-0.05, 0) is 18.6 Å². The standard InChI is InChI=1S/C14H10O5/c1-6(4-15)9-3-8-11(16)10-7(2)5-18-14(10)12(17)13(8)19-9/h3,5,15H,1,4H2,2H3. The molecule has 0 saturated heterocycles. The molecular formula is C14H10O5. The number of hydrogen-bond donors (Lipinski definition) is 1. The van der Waals surface area contributed by atoms with Crippen molar-refractivity contribution in [2.45, 2.75) is 6.92 Å². The molecule has 0 fully saturated rings. The number of rotatable bonds is 2. The lowest BCUT2D eigenvalue weighted by atomic mass is 9.92. The van der Waals surface area contributed by atoms with Gasteiger partial charge in [-0.25, -0.2) is 0 Å². The Kier molecular flexibility index (Phi) is 2.33. The molecule has 2 aromatic heterocycles. The second-order valence-corrected chi connectivity index (χ2v) is 4.40. The Labute approximate surface area is 108 Å². The maximum Gasteiger partial charge on any atom is 0.264 e. The lowest BCUT2D eigenvalue weighted by molar-refractivity contribution is 0.0938. The molecule has 96 valence electrons. The summed E-state index contributed by atoms with van der Waals surface area (Å²) in [5.74, 6) is -0.592. The van der Waals surface area contributed by atoms with E-state index in [-0.39, 0.29) is 40.8 Å². The maximum absolute atomic E-state index is 12.3. The molecule has 0 bridgehead atoms. The number of carbonyl (C=O) groups excluding carboxylic acids is 2. The first-order valence-corrected chi connectivity index (χ1v) is 5.65. The molecule has 5 heteroatoms. The minimum Gasteiger partial charge on any atom is -0.460 e. The Bertz CT molecular complexity index is 729. The summed E-state index contributed by atoms with van der Waals surface area (Å²) in [6.45, 7) is 4.99. The molecule has 0 unspecified atom stereocenters. The topological polar surface area (TPSA) is 80.7 Å². The number of aryl methyl sites for hydroxylation is 1. The van der Waals surface area contributed by atoms with E-state index in [9.17, 15) is 9.59 Å². The molecule has 5 nitrogen and oxygen atoms in total. The molecule has 2 heterocycles. The van der Waals surface area contributed by atoms with E-state index in [0.29, 0.717) is 11.1 Å². The van der Waals surface area contributed by atoms with E-state index >= 15 is 0 Å². The summed E-state index contributed by atoms with van der Waals surface area (Å²) in [6.07, 6.45) is 1.37. The highest BCUT2D eigenvalue weighted by Crippen LogP contribution is 2.33. The highest BCUT2D eigenvalue weighted by atomic mass is 16.4. The highest BCUT2D eigenvalue weighted by molar-refractivity contribution is 6.27. The van der Waals surface area contributed by atoms with Crippen LogP contribution in [0.3, 0.4) is 0 Å². The van der Waals surface area contributed by atoms with Gasteiger partial charge in [0.2, 0.25) is 5.78 Å². The average Bonchev–Trinajstić information content (AvgIpc) is 2.99. The van der Waals surface area contributed by atoms with Crippen molar-refractivity contribution in [2.24, 2.45) is 0 Å². The lowest BCUT2D eigenvalue weighted by Gasteiger charge is -2.07. The average molecular weight is 258 g/mol. The second kappa shape index (κ2) is 3.80. The molecule has 1 N–H and O–H groups in total. The first-order chi connectivity index (χ1) is 9.04. The zero-order chi connectivity index (χ0) is 13.7. The van der Waals surface area contributed by atoms with Crippen LogP contribution in [0.5, 0.6) is 0 Å². The first kappa shape index (κ1) is 11.7. The van der Waals surface area contributed by atoms with Crippen LogP contribution in [0.25, 0.3) is 5.57 Å². The summed E-state index contributed by atoms with van der Waals surface area (Å²) in [4.78, 5) is 24.5. The van der Waals surface area contributed by atoms with Crippen molar-refractivity contribution < 1.29 is 23.5 Å². The first-order valence-electron chi connectivity index (χ1n) is 5.65. The third-order valence-electron chi connectivity index (χ3n) is 3.13. The SMILES string of the molecule is C=C(CO)c1cc2c(o1)C(=O)c1occ(C)c1C2=O. The van der Waals surface area contributed by atoms with E-state index in [0.717, 1.165) is 0 Å². The maximum atomic E-state index is 12.3. The van der Waals surface area contributed by atoms with E-state index in [1.807, 2.05) is 0 Å². The van der Waals surface area contributed by atoms with Crippen LogP contribution >= 0.6 is 0 Å². The van der Waals surface area contributed by atoms with Gasteiger partial charge in [0.15, 0.2) is 11.5 Å². The molecule has 0 atom stereocenters. The van der Waals surface area contributed by atoms with Gasteiger partial charge in [-0.2, -0.15) is 0 Å². The number of ketones is 2. The van der Waals surface area contributed by atoms with Gasteiger partial charge in [0.05, 0.1) is 24.0 Å². The van der Waals surface area contributed by atoms with Crippen LogP contribution in [-0.2, 0) is 0 Å². The number of carbonyl (C=O) groups is 2. The minimum atomic E-state index is -0.463. The van der Waals surface area contributed by atoms with Gasteiger partial charge >= 0.3 is 0 Å². The third-order valence-corrected chi connectivity index (χ3v) is 3.13. The van der Waals surface area contributed by atoms with Gasteiger partial charge in [0.25, 0.3) is 5.78 Å². The van der Waals surface area contributed by atoms with Crippen LogP contribution in [0, 0.1) is 6.92 Å². The number of hydrogen-bond acceptors (Lipinski definition) is 5. The summed E-state index contributed by atoms with van der Waals surface area (Å²) in [7, 11) is 0. The fourth-order valence-electron chi connectivity index (χ4n) is 2.11. The molecule has 0 aliphatic heterocycles. The molecule has 0 amide bonds. The van der Waals surface area contributed by atoms with Crippen LogP contribution in [-0.4, -0.2) is 23.3 Å². The quantitative estimate of drug-likeness (QED) is 0.760. The van der Waals surface area contributed by atoms with E-state index < -0.39 is 5.78 Å². The van der Waals surface area contributed by atoms with E-state index in [1.165, 1.54) is 12.3 Å². The van der Waals surface area contributed by atoms with Crippen LogP contribution in [0.1, 0.15) is 43.6 Å². The van der Waals surface area contributed by atoms with Crippen molar-refractivity contribution in [3.05, 3.63) is 52.9 Å². The van der Waals surface area contributed by atoms with E-state index in [1.54, 1.807) is 6.92 Å². The Morgan fingerprint density at radius 2 is 2.05 bits per heavy atom. The molecule has 1 aliphatic rings. The van der Waals surface area contributed by atoms with Crippen molar-refractivity contribution in [2.75, 3.05) is 6.61 Å². The largest absolute Gasteiger partial charge is 0.460 e. The second-order valence-electron chi connectivity index (χ2n) is 4.40. The highest BCUT2D eigenvalue weighted by Gasteiger charge is 2.37. The van der Waals surface area contributed by atoms with Gasteiger partial charge < -0.3 is 13.9 Å². The van der Waals surface area contributed by atoms with Gasteiger partial charge in [-0.15, -0.1) is 0 Å². The van der Waals surface area contributed by atoms with Gasteiger partial charge in [0, 0.05) is 5.57 Å².